The molecule has 32 heavy (non-hydrogen) atoms. The van der Waals surface area contributed by atoms with Crippen LogP contribution in [0.15, 0.2) is 35.5 Å². The molecule has 0 saturated carbocycles. The van der Waals surface area contributed by atoms with Gasteiger partial charge in [-0.05, 0) is 18.1 Å². The van der Waals surface area contributed by atoms with Crippen LogP contribution >= 0.6 is 23.1 Å². The molecule has 0 unspecified atom stereocenters. The Labute approximate surface area is 194 Å². The molecule has 1 saturated heterocycles. The van der Waals surface area contributed by atoms with Crippen molar-refractivity contribution >= 4 is 39.9 Å². The lowest BCUT2D eigenvalue weighted by Gasteiger charge is -2.27. The fourth-order valence-corrected chi connectivity index (χ4v) is 5.28. The fourth-order valence-electron chi connectivity index (χ4n) is 3.44. The number of benzene rings is 1. The van der Waals surface area contributed by atoms with Crippen molar-refractivity contribution in [2.24, 2.45) is 0 Å². The summed E-state index contributed by atoms with van der Waals surface area (Å²) in [5.74, 6) is 0.667. The van der Waals surface area contributed by atoms with Crippen LogP contribution in [0.5, 0.6) is 0 Å². The number of carbonyl (C=O) groups excluding carboxylic acids is 2. The van der Waals surface area contributed by atoms with E-state index in [4.69, 9.17) is 4.74 Å². The van der Waals surface area contributed by atoms with Crippen LogP contribution in [0.4, 0.5) is 5.00 Å². The second-order valence-electron chi connectivity index (χ2n) is 7.29. The number of thiophene rings is 1. The van der Waals surface area contributed by atoms with Crippen molar-refractivity contribution in [1.82, 2.24) is 20.1 Å². The van der Waals surface area contributed by atoms with E-state index in [-0.39, 0.29) is 17.6 Å². The van der Waals surface area contributed by atoms with Crippen LogP contribution in [0, 0.1) is 6.92 Å². The molecular formula is C22H25N5O3S2. The van der Waals surface area contributed by atoms with Gasteiger partial charge in [0.15, 0.2) is 0 Å². The number of rotatable bonds is 7. The molecule has 0 atom stereocenters. The van der Waals surface area contributed by atoms with Crippen LogP contribution in [0.3, 0.4) is 0 Å². The molecular weight excluding hydrogens is 446 g/mol. The lowest BCUT2D eigenvalue weighted by molar-refractivity contribution is -0.113. The molecule has 0 spiro atoms. The molecule has 1 aliphatic heterocycles. The molecule has 1 aliphatic rings. The lowest BCUT2D eigenvalue weighted by Crippen LogP contribution is -2.41. The van der Waals surface area contributed by atoms with Crippen LogP contribution in [-0.4, -0.2) is 64.0 Å². The van der Waals surface area contributed by atoms with Gasteiger partial charge in [0.05, 0.1) is 24.5 Å². The number of H-pyrrole nitrogens is 1. The molecule has 10 heteroatoms. The average Bonchev–Trinajstić information content (AvgIpc) is 3.42. The number of amides is 2. The first-order valence-corrected chi connectivity index (χ1v) is 12.3. The number of hydrogen-bond acceptors (Lipinski definition) is 7. The summed E-state index contributed by atoms with van der Waals surface area (Å²) < 4.78 is 5.39. The fraction of sp³-hybridized carbons (Fsp3) is 0.364. The van der Waals surface area contributed by atoms with Gasteiger partial charge in [0.1, 0.15) is 10.8 Å². The Kier molecular flexibility index (Phi) is 7.23. The number of aromatic nitrogens is 3. The zero-order valence-electron chi connectivity index (χ0n) is 18.0. The highest BCUT2D eigenvalue weighted by Crippen LogP contribution is 2.40. The summed E-state index contributed by atoms with van der Waals surface area (Å²) in [6.07, 6.45) is 0.753. The maximum atomic E-state index is 13.4. The van der Waals surface area contributed by atoms with E-state index in [0.717, 1.165) is 28.2 Å². The van der Waals surface area contributed by atoms with Crippen LogP contribution < -0.4 is 5.32 Å². The number of aromatic amines is 1. The van der Waals surface area contributed by atoms with Crippen molar-refractivity contribution in [2.45, 2.75) is 25.4 Å². The number of nitrogens with zero attached hydrogens (tertiary/aromatic N) is 3. The molecule has 8 nitrogen and oxygen atoms in total. The number of nitrogens with one attached hydrogen (secondary N) is 2. The summed E-state index contributed by atoms with van der Waals surface area (Å²) >= 11 is 2.69. The molecule has 168 valence electrons. The Morgan fingerprint density at radius 2 is 2.00 bits per heavy atom. The van der Waals surface area contributed by atoms with Gasteiger partial charge >= 0.3 is 0 Å². The van der Waals surface area contributed by atoms with Gasteiger partial charge in [0.2, 0.25) is 11.1 Å². The highest BCUT2D eigenvalue weighted by Gasteiger charge is 2.28. The SMILES string of the molecule is CCc1nc(SCC(=O)Nc2sc(-c3ccccc3)c(C)c2C(=O)N2CCOCC2)n[nH]1. The van der Waals surface area contributed by atoms with Crippen molar-refractivity contribution in [3.05, 3.63) is 47.3 Å². The van der Waals surface area contributed by atoms with Gasteiger partial charge in [0, 0.05) is 24.4 Å². The average molecular weight is 472 g/mol. The first-order chi connectivity index (χ1) is 15.6. The van der Waals surface area contributed by atoms with Crippen molar-refractivity contribution in [3.8, 4) is 10.4 Å². The monoisotopic (exact) mass is 471 g/mol. The standard InChI is InChI=1S/C22H25N5O3S2/c1-3-16-23-22(26-25-16)31-13-17(28)24-20-18(21(29)27-9-11-30-12-10-27)14(2)19(32-20)15-7-5-4-6-8-15/h4-8H,3,9-13H2,1-2H3,(H,24,28)(H,23,25,26). The van der Waals surface area contributed by atoms with E-state index in [9.17, 15) is 9.59 Å². The van der Waals surface area contributed by atoms with Gasteiger partial charge < -0.3 is 15.0 Å². The van der Waals surface area contributed by atoms with Crippen LogP contribution in [0.2, 0.25) is 0 Å². The Hall–Kier alpha value is -2.69. The molecule has 0 bridgehead atoms. The van der Waals surface area contributed by atoms with E-state index < -0.39 is 0 Å². The Morgan fingerprint density at radius 3 is 2.69 bits per heavy atom. The number of hydrogen-bond donors (Lipinski definition) is 2. The van der Waals surface area contributed by atoms with Crippen molar-refractivity contribution in [1.29, 1.82) is 0 Å². The number of morpholine rings is 1. The van der Waals surface area contributed by atoms with Crippen molar-refractivity contribution < 1.29 is 14.3 Å². The minimum absolute atomic E-state index is 0.0752. The third-order valence-corrected chi connectivity index (χ3v) is 7.23. The predicted molar refractivity (Wildman–Crippen MR) is 126 cm³/mol. The minimum atomic E-state index is -0.199. The van der Waals surface area contributed by atoms with Crippen LogP contribution in [0.25, 0.3) is 10.4 Å². The maximum Gasteiger partial charge on any atom is 0.257 e. The van der Waals surface area contributed by atoms with Gasteiger partial charge in [-0.3, -0.25) is 14.7 Å². The summed E-state index contributed by atoms with van der Waals surface area (Å²) in [6, 6.07) is 9.91. The first-order valence-electron chi connectivity index (χ1n) is 10.5. The van der Waals surface area contributed by atoms with Gasteiger partial charge in [-0.2, -0.15) is 0 Å². The van der Waals surface area contributed by atoms with E-state index in [0.29, 0.717) is 42.0 Å². The van der Waals surface area contributed by atoms with E-state index in [2.05, 4.69) is 20.5 Å². The molecule has 3 aromatic rings. The summed E-state index contributed by atoms with van der Waals surface area (Å²) in [4.78, 5) is 33.2. The molecule has 0 aliphatic carbocycles. The summed E-state index contributed by atoms with van der Waals surface area (Å²) in [7, 11) is 0. The van der Waals surface area contributed by atoms with Crippen molar-refractivity contribution in [2.75, 3.05) is 37.4 Å². The zero-order chi connectivity index (χ0) is 22.5. The topological polar surface area (TPSA) is 100 Å². The van der Waals surface area contributed by atoms with Gasteiger partial charge in [-0.25, -0.2) is 4.98 Å². The van der Waals surface area contributed by atoms with E-state index in [1.165, 1.54) is 23.1 Å². The molecule has 2 amide bonds. The third kappa shape index (κ3) is 5.03. The smallest absolute Gasteiger partial charge is 0.257 e. The largest absolute Gasteiger partial charge is 0.378 e. The Balaban J connectivity index is 1.57. The maximum absolute atomic E-state index is 13.4. The third-order valence-electron chi connectivity index (χ3n) is 5.13. The number of ether oxygens (including phenoxy) is 1. The van der Waals surface area contributed by atoms with Gasteiger partial charge in [-0.1, -0.05) is 49.0 Å². The molecule has 1 fully saturated rings. The number of carbonyl (C=O) groups is 2. The van der Waals surface area contributed by atoms with Gasteiger partial charge in [0.25, 0.3) is 5.91 Å². The quantitative estimate of drug-likeness (QED) is 0.511. The van der Waals surface area contributed by atoms with Crippen LogP contribution in [0.1, 0.15) is 28.7 Å². The molecule has 4 rings (SSSR count). The predicted octanol–water partition coefficient (Wildman–Crippen LogP) is 3.61. The second kappa shape index (κ2) is 10.3. The highest BCUT2D eigenvalue weighted by molar-refractivity contribution is 7.99. The van der Waals surface area contributed by atoms with E-state index in [1.807, 2.05) is 44.2 Å². The lowest BCUT2D eigenvalue weighted by atomic mass is 10.1. The highest BCUT2D eigenvalue weighted by atomic mass is 32.2. The summed E-state index contributed by atoms with van der Waals surface area (Å²) in [5, 5.41) is 11.0. The summed E-state index contributed by atoms with van der Waals surface area (Å²) in [6.45, 7) is 6.06. The Bertz CT molecular complexity index is 1090. The minimum Gasteiger partial charge on any atom is -0.378 e. The molecule has 1 aromatic carbocycles. The molecule has 2 aromatic heterocycles. The van der Waals surface area contributed by atoms with E-state index in [1.54, 1.807) is 4.90 Å². The zero-order valence-corrected chi connectivity index (χ0v) is 19.6. The number of thioether (sulfide) groups is 1. The molecule has 0 radical (unpaired) electrons. The van der Waals surface area contributed by atoms with Crippen molar-refractivity contribution in [3.63, 3.8) is 0 Å². The number of aryl methyl sites for hydroxylation is 1. The summed E-state index contributed by atoms with van der Waals surface area (Å²) in [5.41, 5.74) is 2.45. The molecule has 2 N–H and O–H groups in total. The number of anilines is 1. The first kappa shape index (κ1) is 22.5. The van der Waals surface area contributed by atoms with Crippen LogP contribution in [-0.2, 0) is 16.0 Å². The van der Waals surface area contributed by atoms with Gasteiger partial charge in [-0.15, -0.1) is 16.4 Å². The second-order valence-corrected chi connectivity index (χ2v) is 9.25. The normalized spacial score (nSPS) is 13.9. The Morgan fingerprint density at radius 1 is 1.25 bits per heavy atom. The molecule has 3 heterocycles. The van der Waals surface area contributed by atoms with E-state index >= 15 is 0 Å².